The summed E-state index contributed by atoms with van der Waals surface area (Å²) in [4.78, 5) is 38.9. The van der Waals surface area contributed by atoms with Gasteiger partial charge in [-0.15, -0.1) is 0 Å². The van der Waals surface area contributed by atoms with E-state index in [2.05, 4.69) is 0 Å². The number of sulfonamides is 2. The van der Waals surface area contributed by atoms with E-state index in [9.17, 15) is 48.8 Å². The Labute approximate surface area is 247 Å². The zero-order chi connectivity index (χ0) is 32.5. The molecule has 0 saturated heterocycles. The number of amides is 1. The average molecular weight is 659 g/mol. The zero-order valence-electron chi connectivity index (χ0n) is 23.8. The monoisotopic (exact) mass is 658 g/mol. The lowest BCUT2D eigenvalue weighted by molar-refractivity contribution is -0.0168. The van der Waals surface area contributed by atoms with Gasteiger partial charge in [0.25, 0.3) is 15.9 Å². The third-order valence-corrected chi connectivity index (χ3v) is 10.4. The van der Waals surface area contributed by atoms with Gasteiger partial charge in [-0.25, -0.2) is 35.9 Å². The van der Waals surface area contributed by atoms with Crippen LogP contribution in [0.1, 0.15) is 110 Å². The molecule has 242 valence electrons. The van der Waals surface area contributed by atoms with Crippen LogP contribution in [-0.4, -0.2) is 62.9 Å². The highest BCUT2D eigenvalue weighted by Gasteiger charge is 2.59. The molecule has 11 nitrogen and oxygen atoms in total. The molecular formula is C26H34F4N2O9S2. The number of alkyl halides is 4. The van der Waals surface area contributed by atoms with E-state index in [0.29, 0.717) is 25.7 Å². The van der Waals surface area contributed by atoms with Crippen LogP contribution < -0.4 is 9.44 Å². The standard InChI is InChI=1S/C26H34F4N2O9S2/c1-4-31-42(36,37)25(27,28)16-26(29,30)43(38,39)32-20(33)17-13-18(21(34)40-23(2)9-5-6-10-23)15-19(14-17)22(35)41-24(3)11-7-8-12-24/h13-15,31H,4-12,16H2,1-3H3,(H,32,33). The SMILES string of the molecule is CCNS(=O)(=O)C(F)(F)CC(F)(F)S(=O)(=O)NC(=O)c1cc(C(=O)OC2(C)CCCC2)cc(C(=O)OC2(C)CCCC2)c1. The molecule has 1 aromatic carbocycles. The summed E-state index contributed by atoms with van der Waals surface area (Å²) < 4.78 is 119. The van der Waals surface area contributed by atoms with Crippen molar-refractivity contribution in [2.75, 3.05) is 6.54 Å². The molecule has 43 heavy (non-hydrogen) atoms. The molecule has 0 spiro atoms. The van der Waals surface area contributed by atoms with Gasteiger partial charge in [0.15, 0.2) is 0 Å². The molecule has 2 aliphatic carbocycles. The number of esters is 2. The van der Waals surface area contributed by atoms with Crippen LogP contribution in [0.4, 0.5) is 17.6 Å². The van der Waals surface area contributed by atoms with Gasteiger partial charge in [-0.05, 0) is 83.4 Å². The second-order valence-corrected chi connectivity index (χ2v) is 15.0. The van der Waals surface area contributed by atoms with Crippen LogP contribution >= 0.6 is 0 Å². The highest BCUT2D eigenvalue weighted by molar-refractivity contribution is 7.91. The van der Waals surface area contributed by atoms with Crippen molar-refractivity contribution in [1.29, 1.82) is 0 Å². The molecule has 0 aromatic heterocycles. The Morgan fingerprint density at radius 1 is 0.744 bits per heavy atom. The molecule has 0 aliphatic heterocycles. The number of ether oxygens (including phenoxy) is 2. The largest absolute Gasteiger partial charge is 0.456 e. The van der Waals surface area contributed by atoms with Gasteiger partial charge in [0.05, 0.1) is 11.1 Å². The van der Waals surface area contributed by atoms with Crippen LogP contribution in [0.25, 0.3) is 0 Å². The van der Waals surface area contributed by atoms with Gasteiger partial charge in [-0.2, -0.15) is 17.6 Å². The normalized spacial score (nSPS) is 18.7. The van der Waals surface area contributed by atoms with Gasteiger partial charge in [-0.3, -0.25) is 4.79 Å². The summed E-state index contributed by atoms with van der Waals surface area (Å²) in [5, 5.41) is -10.7. The maximum Gasteiger partial charge on any atom is 0.371 e. The second-order valence-electron chi connectivity index (χ2n) is 11.3. The number of nitrogens with one attached hydrogen (secondary N) is 2. The molecule has 0 unspecified atom stereocenters. The zero-order valence-corrected chi connectivity index (χ0v) is 25.4. The van der Waals surface area contributed by atoms with Crippen molar-refractivity contribution in [3.05, 3.63) is 34.9 Å². The van der Waals surface area contributed by atoms with E-state index in [4.69, 9.17) is 9.47 Å². The van der Waals surface area contributed by atoms with E-state index in [1.54, 1.807) is 13.8 Å². The Kier molecular flexibility index (Phi) is 9.93. The number of hydrogen-bond donors (Lipinski definition) is 2. The summed E-state index contributed by atoms with van der Waals surface area (Å²) in [7, 11) is -12.0. The third kappa shape index (κ3) is 8.03. The molecule has 1 aromatic rings. The van der Waals surface area contributed by atoms with Crippen LogP contribution in [-0.2, 0) is 29.5 Å². The van der Waals surface area contributed by atoms with E-state index in [1.165, 1.54) is 4.72 Å². The molecule has 17 heteroatoms. The molecule has 0 heterocycles. The van der Waals surface area contributed by atoms with E-state index in [-0.39, 0.29) is 0 Å². The second kappa shape index (κ2) is 12.3. The first kappa shape index (κ1) is 34.7. The maximum absolute atomic E-state index is 14.6. The Morgan fingerprint density at radius 2 is 1.12 bits per heavy atom. The summed E-state index contributed by atoms with van der Waals surface area (Å²) in [5.74, 6) is -3.77. The van der Waals surface area contributed by atoms with Crippen LogP contribution in [0.15, 0.2) is 18.2 Å². The quantitative estimate of drug-likeness (QED) is 0.247. The number of carbonyl (C=O) groups excluding carboxylic acids is 3. The van der Waals surface area contributed by atoms with Crippen LogP contribution in [0.3, 0.4) is 0 Å². The predicted octanol–water partition coefficient (Wildman–Crippen LogP) is 4.24. The van der Waals surface area contributed by atoms with E-state index in [0.717, 1.165) is 55.5 Å². The molecular weight excluding hydrogens is 624 g/mol. The highest BCUT2D eigenvalue weighted by Crippen LogP contribution is 2.38. The van der Waals surface area contributed by atoms with E-state index in [1.807, 2.05) is 0 Å². The summed E-state index contributed by atoms with van der Waals surface area (Å²) in [5.41, 5.74) is -3.26. The van der Waals surface area contributed by atoms with E-state index >= 15 is 0 Å². The van der Waals surface area contributed by atoms with Crippen molar-refractivity contribution in [2.24, 2.45) is 0 Å². The predicted molar refractivity (Wildman–Crippen MR) is 145 cm³/mol. The Morgan fingerprint density at radius 3 is 1.51 bits per heavy atom. The number of halogens is 4. The number of hydrogen-bond acceptors (Lipinski definition) is 9. The van der Waals surface area contributed by atoms with Crippen molar-refractivity contribution in [3.63, 3.8) is 0 Å². The average Bonchev–Trinajstić information content (AvgIpc) is 3.50. The Hall–Kier alpha value is -2.79. The smallest absolute Gasteiger partial charge is 0.371 e. The van der Waals surface area contributed by atoms with Gasteiger partial charge < -0.3 is 9.47 Å². The minimum atomic E-state index is -6.28. The van der Waals surface area contributed by atoms with E-state index < -0.39 is 89.3 Å². The summed E-state index contributed by atoms with van der Waals surface area (Å²) in [6.07, 6.45) is 2.26. The minimum absolute atomic E-state index is 0.392. The van der Waals surface area contributed by atoms with Crippen LogP contribution in [0.5, 0.6) is 0 Å². The molecule has 2 N–H and O–H groups in total. The van der Waals surface area contributed by atoms with Gasteiger partial charge >= 0.3 is 32.5 Å². The number of benzene rings is 1. The third-order valence-electron chi connectivity index (χ3n) is 7.43. The van der Waals surface area contributed by atoms with Gasteiger partial charge in [-0.1, -0.05) is 6.92 Å². The minimum Gasteiger partial charge on any atom is -0.456 e. The van der Waals surface area contributed by atoms with Gasteiger partial charge in [0.2, 0.25) is 0 Å². The van der Waals surface area contributed by atoms with Crippen molar-refractivity contribution in [1.82, 2.24) is 9.44 Å². The molecule has 0 radical (unpaired) electrons. The Balaban J connectivity index is 1.93. The Bertz CT molecular complexity index is 1410. The lowest BCUT2D eigenvalue weighted by Gasteiger charge is -2.25. The molecule has 0 atom stereocenters. The molecule has 3 rings (SSSR count). The van der Waals surface area contributed by atoms with Crippen molar-refractivity contribution in [3.8, 4) is 0 Å². The van der Waals surface area contributed by atoms with Crippen molar-refractivity contribution in [2.45, 2.75) is 100 Å². The molecule has 2 aliphatic rings. The molecule has 1 amide bonds. The summed E-state index contributed by atoms with van der Waals surface area (Å²) in [6, 6.07) is 2.64. The first-order valence-electron chi connectivity index (χ1n) is 13.6. The van der Waals surface area contributed by atoms with Crippen molar-refractivity contribution >= 4 is 37.9 Å². The lowest BCUT2D eigenvalue weighted by atomic mass is 10.0. The fourth-order valence-corrected chi connectivity index (χ4v) is 6.93. The molecule has 2 fully saturated rings. The highest BCUT2D eigenvalue weighted by atomic mass is 32.2. The lowest BCUT2D eigenvalue weighted by Crippen LogP contribution is -2.49. The topological polar surface area (TPSA) is 162 Å². The maximum atomic E-state index is 14.6. The molecule has 2 saturated carbocycles. The fourth-order valence-electron chi connectivity index (χ4n) is 4.99. The number of rotatable bonds is 12. The van der Waals surface area contributed by atoms with Gasteiger partial charge in [0.1, 0.15) is 17.6 Å². The summed E-state index contributed by atoms with van der Waals surface area (Å²) in [6.45, 7) is 3.88. The summed E-state index contributed by atoms with van der Waals surface area (Å²) >= 11 is 0. The molecule has 0 bridgehead atoms. The van der Waals surface area contributed by atoms with Gasteiger partial charge in [0, 0.05) is 12.1 Å². The first-order valence-corrected chi connectivity index (χ1v) is 16.5. The fraction of sp³-hybridized carbons (Fsp3) is 0.654. The number of carbonyl (C=O) groups is 3. The van der Waals surface area contributed by atoms with Crippen LogP contribution in [0.2, 0.25) is 0 Å². The first-order chi connectivity index (χ1) is 19.6. The van der Waals surface area contributed by atoms with Crippen LogP contribution in [0, 0.1) is 0 Å². The van der Waals surface area contributed by atoms with Crippen molar-refractivity contribution < 1.29 is 58.3 Å².